The number of ether oxygens (including phenoxy) is 1. The number of amides is 2. The Balaban J connectivity index is 2.42. The average molecular weight is 380 g/mol. The number of hydrogen-bond donors (Lipinski definition) is 2. The number of halogens is 5. The minimum Gasteiger partial charge on any atom is -0.482 e. The van der Waals surface area contributed by atoms with Gasteiger partial charge in [0.15, 0.2) is 6.61 Å². The molecule has 1 aromatic rings. The lowest BCUT2D eigenvalue weighted by atomic mass is 10.3. The summed E-state index contributed by atoms with van der Waals surface area (Å²) in [5, 5.41) is 0.678. The van der Waals surface area contributed by atoms with Crippen LogP contribution in [-0.2, 0) is 9.59 Å². The molecule has 0 aliphatic rings. The van der Waals surface area contributed by atoms with Crippen molar-refractivity contribution in [3.63, 3.8) is 0 Å². The molecule has 0 radical (unpaired) electrons. The maximum Gasteiger partial charge on any atom is 0.290 e. The molecule has 110 valence electrons. The maximum atomic E-state index is 11.4. The predicted molar refractivity (Wildman–Crippen MR) is 78.5 cm³/mol. The average Bonchev–Trinajstić information content (AvgIpc) is 2.33. The molecule has 0 unspecified atom stereocenters. The smallest absolute Gasteiger partial charge is 0.290 e. The van der Waals surface area contributed by atoms with Gasteiger partial charge in [-0.05, 0) is 18.2 Å². The highest BCUT2D eigenvalue weighted by molar-refractivity contribution is 6.76. The fraction of sp³-hybridized carbons (Fsp3) is 0.200. The van der Waals surface area contributed by atoms with E-state index in [4.69, 9.17) is 62.7 Å². The van der Waals surface area contributed by atoms with Crippen LogP contribution in [0.5, 0.6) is 5.75 Å². The Kier molecular flexibility index (Phi) is 6.48. The summed E-state index contributed by atoms with van der Waals surface area (Å²) in [7, 11) is 0. The van der Waals surface area contributed by atoms with Crippen LogP contribution in [0.4, 0.5) is 0 Å². The normalized spacial score (nSPS) is 10.8. The maximum absolute atomic E-state index is 11.4. The summed E-state index contributed by atoms with van der Waals surface area (Å²) in [5.41, 5.74) is 3.92. The first kappa shape index (κ1) is 17.5. The molecule has 5 nitrogen and oxygen atoms in total. The van der Waals surface area contributed by atoms with Crippen LogP contribution in [0.3, 0.4) is 0 Å². The van der Waals surface area contributed by atoms with Crippen molar-refractivity contribution in [3.05, 3.63) is 28.2 Å². The zero-order valence-corrected chi connectivity index (χ0v) is 13.3. The van der Waals surface area contributed by atoms with Crippen molar-refractivity contribution in [3.8, 4) is 5.75 Å². The Labute approximate surface area is 139 Å². The zero-order valence-electron chi connectivity index (χ0n) is 9.55. The van der Waals surface area contributed by atoms with Crippen LogP contribution in [0.15, 0.2) is 18.2 Å². The molecule has 0 spiro atoms. The van der Waals surface area contributed by atoms with Crippen LogP contribution >= 0.6 is 58.0 Å². The first-order valence-corrected chi connectivity index (χ1v) is 6.83. The summed E-state index contributed by atoms with van der Waals surface area (Å²) in [6.45, 7) is -0.401. The molecule has 0 fully saturated rings. The van der Waals surface area contributed by atoms with E-state index >= 15 is 0 Å². The molecule has 0 saturated carbocycles. The molecule has 0 aliphatic heterocycles. The Morgan fingerprint density at radius 1 is 1.15 bits per heavy atom. The summed E-state index contributed by atoms with van der Waals surface area (Å²) in [4.78, 5) is 22.5. The van der Waals surface area contributed by atoms with Crippen LogP contribution in [0, 0.1) is 0 Å². The van der Waals surface area contributed by atoms with Gasteiger partial charge in [-0.25, -0.2) is 0 Å². The van der Waals surface area contributed by atoms with Crippen molar-refractivity contribution < 1.29 is 14.3 Å². The van der Waals surface area contributed by atoms with Crippen molar-refractivity contribution in [1.82, 2.24) is 10.9 Å². The molecule has 2 amide bonds. The lowest BCUT2D eigenvalue weighted by Crippen LogP contribution is -2.48. The van der Waals surface area contributed by atoms with Gasteiger partial charge in [0.25, 0.3) is 15.6 Å². The van der Waals surface area contributed by atoms with Gasteiger partial charge in [-0.1, -0.05) is 58.0 Å². The van der Waals surface area contributed by atoms with E-state index in [1.54, 1.807) is 6.07 Å². The second kappa shape index (κ2) is 7.43. The molecular weight excluding hydrogens is 373 g/mol. The highest BCUT2D eigenvalue weighted by Crippen LogP contribution is 2.27. The van der Waals surface area contributed by atoms with E-state index in [1.165, 1.54) is 12.1 Å². The molecule has 2 N–H and O–H groups in total. The lowest BCUT2D eigenvalue weighted by Gasteiger charge is -2.12. The molecule has 0 bridgehead atoms. The first-order chi connectivity index (χ1) is 9.20. The number of alkyl halides is 3. The molecule has 0 aliphatic carbocycles. The standard InChI is InChI=1S/C10H7Cl5N2O3/c11-5-1-2-7(6(12)3-5)20-4-8(18)16-17-9(19)10(13,14)15/h1-3H,4H2,(H,16,18)(H,17,19). The third kappa shape index (κ3) is 5.81. The second-order valence-electron chi connectivity index (χ2n) is 3.36. The molecule has 1 rings (SSSR count). The molecule has 0 aromatic heterocycles. The van der Waals surface area contributed by atoms with Crippen molar-refractivity contribution in [2.75, 3.05) is 6.61 Å². The fourth-order valence-corrected chi connectivity index (χ4v) is 1.57. The summed E-state index contributed by atoms with van der Waals surface area (Å²) in [6.07, 6.45) is 0. The van der Waals surface area contributed by atoms with Crippen molar-refractivity contribution in [2.45, 2.75) is 3.79 Å². The van der Waals surface area contributed by atoms with E-state index in [0.717, 1.165) is 0 Å². The van der Waals surface area contributed by atoms with Crippen LogP contribution in [0.25, 0.3) is 0 Å². The highest BCUT2D eigenvalue weighted by Gasteiger charge is 2.30. The van der Waals surface area contributed by atoms with Gasteiger partial charge >= 0.3 is 0 Å². The van der Waals surface area contributed by atoms with Crippen LogP contribution < -0.4 is 15.6 Å². The number of nitrogens with one attached hydrogen (secondary N) is 2. The molecule has 20 heavy (non-hydrogen) atoms. The van der Waals surface area contributed by atoms with Crippen molar-refractivity contribution in [1.29, 1.82) is 0 Å². The van der Waals surface area contributed by atoms with Crippen LogP contribution in [-0.4, -0.2) is 22.2 Å². The first-order valence-electron chi connectivity index (χ1n) is 4.94. The van der Waals surface area contributed by atoms with E-state index in [1.807, 2.05) is 10.9 Å². The topological polar surface area (TPSA) is 67.4 Å². The number of hydrogen-bond acceptors (Lipinski definition) is 3. The summed E-state index contributed by atoms with van der Waals surface area (Å²) < 4.78 is 2.95. The van der Waals surface area contributed by atoms with Crippen molar-refractivity contribution in [2.24, 2.45) is 0 Å². The third-order valence-corrected chi connectivity index (χ3v) is 2.87. The molecule has 1 aromatic carbocycles. The van der Waals surface area contributed by atoms with E-state index in [2.05, 4.69) is 0 Å². The van der Waals surface area contributed by atoms with Gasteiger partial charge in [0.1, 0.15) is 5.75 Å². The van der Waals surface area contributed by atoms with Gasteiger partial charge in [0.05, 0.1) is 5.02 Å². The molecule has 0 heterocycles. The number of hydrazine groups is 1. The van der Waals surface area contributed by atoms with Gasteiger partial charge < -0.3 is 4.74 Å². The number of benzene rings is 1. The fourth-order valence-electron chi connectivity index (χ4n) is 0.969. The second-order valence-corrected chi connectivity index (χ2v) is 6.49. The Morgan fingerprint density at radius 2 is 1.80 bits per heavy atom. The quantitative estimate of drug-likeness (QED) is 0.626. The van der Waals surface area contributed by atoms with E-state index in [9.17, 15) is 9.59 Å². The van der Waals surface area contributed by atoms with E-state index in [0.29, 0.717) is 5.02 Å². The van der Waals surface area contributed by atoms with Gasteiger partial charge in [-0.2, -0.15) is 0 Å². The zero-order chi connectivity index (χ0) is 15.3. The number of carbonyl (C=O) groups is 2. The van der Waals surface area contributed by atoms with Gasteiger partial charge in [-0.15, -0.1) is 0 Å². The summed E-state index contributed by atoms with van der Waals surface area (Å²) >= 11 is 27.4. The largest absolute Gasteiger partial charge is 0.482 e. The summed E-state index contributed by atoms with van der Waals surface area (Å²) in [5.74, 6) is -1.40. The third-order valence-electron chi connectivity index (χ3n) is 1.83. The Bertz CT molecular complexity index is 518. The molecule has 10 heteroatoms. The predicted octanol–water partition coefficient (Wildman–Crippen LogP) is 2.89. The molecular formula is C10H7Cl5N2O3. The van der Waals surface area contributed by atoms with Gasteiger partial charge in [-0.3, -0.25) is 20.4 Å². The van der Waals surface area contributed by atoms with Crippen LogP contribution in [0.2, 0.25) is 10.0 Å². The minimum absolute atomic E-state index is 0.246. The van der Waals surface area contributed by atoms with Gasteiger partial charge in [0.2, 0.25) is 0 Å². The van der Waals surface area contributed by atoms with E-state index in [-0.39, 0.29) is 10.8 Å². The SMILES string of the molecule is O=C(COc1ccc(Cl)cc1Cl)NNC(=O)C(Cl)(Cl)Cl. The number of carbonyl (C=O) groups excluding carboxylic acids is 2. The van der Waals surface area contributed by atoms with Gasteiger partial charge in [0, 0.05) is 5.02 Å². The molecule has 0 atom stereocenters. The summed E-state index contributed by atoms with van der Waals surface area (Å²) in [6, 6.07) is 4.50. The highest BCUT2D eigenvalue weighted by atomic mass is 35.6. The Hall–Kier alpha value is -0.590. The minimum atomic E-state index is -2.17. The lowest BCUT2D eigenvalue weighted by molar-refractivity contribution is -0.129. The molecule has 0 saturated heterocycles. The van der Waals surface area contributed by atoms with Crippen LogP contribution in [0.1, 0.15) is 0 Å². The monoisotopic (exact) mass is 378 g/mol. The van der Waals surface area contributed by atoms with Crippen molar-refractivity contribution >= 4 is 69.8 Å². The number of rotatable bonds is 3. The Morgan fingerprint density at radius 3 is 2.35 bits per heavy atom. The van der Waals surface area contributed by atoms with E-state index < -0.39 is 22.2 Å².